The second kappa shape index (κ2) is 15.0. The summed E-state index contributed by atoms with van der Waals surface area (Å²) in [6.45, 7) is 0. The first kappa shape index (κ1) is 35.1. The van der Waals surface area contributed by atoms with Crippen LogP contribution in [0.25, 0.3) is 100 Å². The number of benzene rings is 9. The van der Waals surface area contributed by atoms with Crippen LogP contribution in [0.4, 0.5) is 0 Å². The summed E-state index contributed by atoms with van der Waals surface area (Å²) in [6, 6.07) is 81.8. The average Bonchev–Trinajstić information content (AvgIpc) is 3.92. The zero-order valence-corrected chi connectivity index (χ0v) is 32.7. The Bertz CT molecular complexity index is 3290. The molecule has 0 aliphatic heterocycles. The van der Waals surface area contributed by atoms with Crippen LogP contribution < -0.4 is 0 Å². The summed E-state index contributed by atoms with van der Waals surface area (Å²) < 4.78 is 4.54. The second-order valence-corrected chi connectivity index (χ2v) is 15.0. The van der Waals surface area contributed by atoms with Gasteiger partial charge in [0.15, 0.2) is 11.6 Å². The molecule has 0 saturated heterocycles. The molecule has 0 amide bonds. The normalized spacial score (nSPS) is 11.3. The Kier molecular flexibility index (Phi) is 8.79. The first-order valence-electron chi connectivity index (χ1n) is 20.3. The van der Waals surface area contributed by atoms with Gasteiger partial charge in [-0.05, 0) is 87.0 Å². The molecule has 4 nitrogen and oxygen atoms in total. The Morgan fingerprint density at radius 3 is 1.32 bits per heavy atom. The Hall–Kier alpha value is -8.08. The van der Waals surface area contributed by atoms with Gasteiger partial charge in [-0.15, -0.1) is 10.2 Å². The lowest BCUT2D eigenvalue weighted by molar-refractivity contribution is 1.07. The average molecular weight is 767 g/mol. The van der Waals surface area contributed by atoms with Gasteiger partial charge in [0.2, 0.25) is 0 Å². The highest BCUT2D eigenvalue weighted by atomic mass is 15.3. The van der Waals surface area contributed by atoms with E-state index < -0.39 is 0 Å². The van der Waals surface area contributed by atoms with Gasteiger partial charge < -0.3 is 4.57 Å². The van der Waals surface area contributed by atoms with E-state index in [2.05, 4.69) is 228 Å². The van der Waals surface area contributed by atoms with E-state index in [9.17, 15) is 0 Å². The predicted octanol–water partition coefficient (Wildman–Crippen LogP) is 14.4. The van der Waals surface area contributed by atoms with Gasteiger partial charge in [-0.1, -0.05) is 188 Å². The van der Waals surface area contributed by atoms with Crippen LogP contribution in [0.5, 0.6) is 0 Å². The Balaban J connectivity index is 0.994. The van der Waals surface area contributed by atoms with Crippen LogP contribution in [0.1, 0.15) is 0 Å². The molecule has 11 aromatic rings. The van der Waals surface area contributed by atoms with Gasteiger partial charge in [0.1, 0.15) is 0 Å². The van der Waals surface area contributed by atoms with Crippen molar-refractivity contribution < 1.29 is 0 Å². The molecule has 0 radical (unpaired) electrons. The standard InChI is InChI=1S/C56H38N4/c1-4-18-39(19-5-1)46-25-12-15-30-51(46)56-58-57-55(60(56)44-22-8-3-9-23-44)41-34-32-40(33-35-41)45-24-10-13-27-48(45)49-28-14-11-26-47(49)42-36-37-54-52(38-42)50-29-16-17-31-53(50)59(54)43-20-6-2-7-21-43/h1-38H. The molecule has 0 atom stereocenters. The fourth-order valence-corrected chi connectivity index (χ4v) is 8.75. The van der Waals surface area contributed by atoms with Gasteiger partial charge in [-0.25, -0.2) is 0 Å². The van der Waals surface area contributed by atoms with Crippen molar-refractivity contribution in [1.82, 2.24) is 19.3 Å². The maximum absolute atomic E-state index is 4.86. The maximum Gasteiger partial charge on any atom is 0.169 e. The number of para-hydroxylation sites is 3. The SMILES string of the molecule is c1ccc(-c2ccccc2-c2nnc(-c3ccc(-c4ccccc4-c4ccccc4-c4ccc5c(c4)c4ccccc4n5-c4ccccc4)cc3)n2-c2ccccc2)cc1. The highest BCUT2D eigenvalue weighted by Gasteiger charge is 2.21. The van der Waals surface area contributed by atoms with Gasteiger partial charge in [0.05, 0.1) is 11.0 Å². The lowest BCUT2D eigenvalue weighted by Crippen LogP contribution is -2.01. The third kappa shape index (κ3) is 6.10. The minimum Gasteiger partial charge on any atom is -0.309 e. The van der Waals surface area contributed by atoms with Crippen LogP contribution in [0.2, 0.25) is 0 Å². The molecule has 4 heteroatoms. The van der Waals surface area contributed by atoms with Crippen LogP contribution in [0, 0.1) is 0 Å². The molecule has 0 aliphatic rings. The third-order valence-electron chi connectivity index (χ3n) is 11.5. The molecule has 60 heavy (non-hydrogen) atoms. The molecule has 9 aromatic carbocycles. The van der Waals surface area contributed by atoms with Crippen LogP contribution in [-0.2, 0) is 0 Å². The van der Waals surface area contributed by atoms with E-state index in [0.29, 0.717) is 0 Å². The maximum atomic E-state index is 4.86. The number of aromatic nitrogens is 4. The van der Waals surface area contributed by atoms with E-state index in [-0.39, 0.29) is 0 Å². The second-order valence-electron chi connectivity index (χ2n) is 15.0. The molecule has 0 bridgehead atoms. The summed E-state index contributed by atoms with van der Waals surface area (Å²) in [4.78, 5) is 0. The van der Waals surface area contributed by atoms with Crippen LogP contribution in [0.15, 0.2) is 231 Å². The van der Waals surface area contributed by atoms with Crippen molar-refractivity contribution in [3.8, 4) is 78.7 Å². The predicted molar refractivity (Wildman–Crippen MR) is 248 cm³/mol. The van der Waals surface area contributed by atoms with Crippen molar-refractivity contribution in [1.29, 1.82) is 0 Å². The smallest absolute Gasteiger partial charge is 0.169 e. The fourth-order valence-electron chi connectivity index (χ4n) is 8.75. The number of nitrogens with zero attached hydrogens (tertiary/aromatic N) is 4. The number of fused-ring (bicyclic) bond motifs is 3. The summed E-state index contributed by atoms with van der Waals surface area (Å²) in [7, 11) is 0. The van der Waals surface area contributed by atoms with Crippen molar-refractivity contribution >= 4 is 21.8 Å². The zero-order chi connectivity index (χ0) is 39.8. The molecule has 0 saturated carbocycles. The fraction of sp³-hybridized carbons (Fsp3) is 0. The molecule has 0 spiro atoms. The molecule has 282 valence electrons. The lowest BCUT2D eigenvalue weighted by Gasteiger charge is -2.16. The monoisotopic (exact) mass is 766 g/mol. The summed E-state index contributed by atoms with van der Waals surface area (Å²) in [5.41, 5.74) is 15.9. The minimum atomic E-state index is 0.785. The highest BCUT2D eigenvalue weighted by Crippen LogP contribution is 2.42. The summed E-state index contributed by atoms with van der Waals surface area (Å²) in [5, 5.41) is 12.2. The van der Waals surface area contributed by atoms with E-state index in [1.807, 2.05) is 12.1 Å². The molecule has 0 unspecified atom stereocenters. The van der Waals surface area contributed by atoms with E-state index in [4.69, 9.17) is 10.2 Å². The van der Waals surface area contributed by atoms with Gasteiger partial charge >= 0.3 is 0 Å². The van der Waals surface area contributed by atoms with Crippen LogP contribution >= 0.6 is 0 Å². The summed E-state index contributed by atoms with van der Waals surface area (Å²) in [6.07, 6.45) is 0. The Labute approximate surface area is 348 Å². The van der Waals surface area contributed by atoms with E-state index >= 15 is 0 Å². The van der Waals surface area contributed by atoms with E-state index in [0.717, 1.165) is 50.8 Å². The molecule has 0 N–H and O–H groups in total. The quantitative estimate of drug-likeness (QED) is 0.154. The number of hydrogen-bond acceptors (Lipinski definition) is 2. The topological polar surface area (TPSA) is 35.6 Å². The number of rotatable bonds is 8. The number of hydrogen-bond donors (Lipinski definition) is 0. The minimum absolute atomic E-state index is 0.785. The van der Waals surface area contributed by atoms with Crippen molar-refractivity contribution in [2.45, 2.75) is 0 Å². The highest BCUT2D eigenvalue weighted by molar-refractivity contribution is 6.11. The Morgan fingerprint density at radius 2 is 0.667 bits per heavy atom. The van der Waals surface area contributed by atoms with E-state index in [1.54, 1.807) is 0 Å². The third-order valence-corrected chi connectivity index (χ3v) is 11.5. The van der Waals surface area contributed by atoms with Gasteiger partial charge in [0, 0.05) is 33.3 Å². The molecule has 2 aromatic heterocycles. The van der Waals surface area contributed by atoms with Gasteiger partial charge in [-0.3, -0.25) is 4.57 Å². The van der Waals surface area contributed by atoms with Crippen molar-refractivity contribution in [3.63, 3.8) is 0 Å². The van der Waals surface area contributed by atoms with Gasteiger partial charge in [-0.2, -0.15) is 0 Å². The van der Waals surface area contributed by atoms with Crippen molar-refractivity contribution in [2.75, 3.05) is 0 Å². The molecule has 0 aliphatic carbocycles. The van der Waals surface area contributed by atoms with E-state index in [1.165, 1.54) is 49.6 Å². The first-order valence-corrected chi connectivity index (χ1v) is 20.3. The Morgan fingerprint density at radius 1 is 0.250 bits per heavy atom. The lowest BCUT2D eigenvalue weighted by atomic mass is 9.89. The molecular formula is C56H38N4. The largest absolute Gasteiger partial charge is 0.309 e. The summed E-state index contributed by atoms with van der Waals surface area (Å²) in [5.74, 6) is 1.58. The molecule has 0 fully saturated rings. The van der Waals surface area contributed by atoms with Gasteiger partial charge in [0.25, 0.3) is 0 Å². The zero-order valence-electron chi connectivity index (χ0n) is 32.7. The molecule has 2 heterocycles. The van der Waals surface area contributed by atoms with Crippen molar-refractivity contribution in [3.05, 3.63) is 231 Å². The molecule has 11 rings (SSSR count). The summed E-state index contributed by atoms with van der Waals surface area (Å²) >= 11 is 0. The first-order chi connectivity index (χ1) is 29.8. The molecular weight excluding hydrogens is 729 g/mol. The van der Waals surface area contributed by atoms with Crippen LogP contribution in [0.3, 0.4) is 0 Å². The van der Waals surface area contributed by atoms with Crippen LogP contribution in [-0.4, -0.2) is 19.3 Å². The van der Waals surface area contributed by atoms with Crippen molar-refractivity contribution in [2.24, 2.45) is 0 Å².